The standard InChI is InChI=1S/C31H45NO4/c1-17-13-26(32(16-17)19(3)33)29-18(2)28-27(36-29)15-25-23-8-7-21-14-22(35-20(4)34)9-11-30(21,5)24(23)10-12-31(25,28)6/h7,17,22-28H,8-16H2,1-6H3/t17-,22+,23-,24+,25-,26-,27-,28-,30-,31-/m0/s1. The SMILES string of the molecule is CC(=O)O[C@@H]1CC[C@@]2(C)C(=CC[C@H]3[C@H]2CC[C@@]2(C)[C@H]3C[C@@H]3OC([C@@H]4C[C@H](C)CN4C(C)=O)=C(C)[C@@H]32)C1. The van der Waals surface area contributed by atoms with Gasteiger partial charge in [-0.3, -0.25) is 9.59 Å². The molecule has 5 heteroatoms. The van der Waals surface area contributed by atoms with E-state index in [0.29, 0.717) is 23.7 Å². The summed E-state index contributed by atoms with van der Waals surface area (Å²) in [6, 6.07) is 0.132. The van der Waals surface area contributed by atoms with Crippen LogP contribution >= 0.6 is 0 Å². The minimum Gasteiger partial charge on any atom is -0.492 e. The molecule has 0 N–H and O–H groups in total. The first kappa shape index (κ1) is 24.6. The predicted octanol–water partition coefficient (Wildman–Crippen LogP) is 6.04. The average Bonchev–Trinajstić information content (AvgIpc) is 3.44. The van der Waals surface area contributed by atoms with E-state index in [0.717, 1.165) is 56.7 Å². The molecule has 2 aliphatic heterocycles. The molecule has 0 bridgehead atoms. The Kier molecular flexibility index (Phi) is 5.70. The van der Waals surface area contributed by atoms with Crippen LogP contribution in [0.15, 0.2) is 23.0 Å². The summed E-state index contributed by atoms with van der Waals surface area (Å²) >= 11 is 0. The van der Waals surface area contributed by atoms with Crippen molar-refractivity contribution in [1.29, 1.82) is 0 Å². The third-order valence-electron chi connectivity index (χ3n) is 11.7. The van der Waals surface area contributed by atoms with Gasteiger partial charge in [0.2, 0.25) is 5.91 Å². The number of likely N-dealkylation sites (tertiary alicyclic amines) is 1. The van der Waals surface area contributed by atoms with Gasteiger partial charge < -0.3 is 14.4 Å². The van der Waals surface area contributed by atoms with Gasteiger partial charge in [-0.05, 0) is 91.9 Å². The fraction of sp³-hybridized carbons (Fsp3) is 0.806. The summed E-state index contributed by atoms with van der Waals surface area (Å²) in [4.78, 5) is 26.0. The summed E-state index contributed by atoms with van der Waals surface area (Å²) in [6.45, 7) is 13.7. The van der Waals surface area contributed by atoms with Crippen molar-refractivity contribution >= 4 is 11.9 Å². The van der Waals surface area contributed by atoms with Crippen LogP contribution in [0.1, 0.15) is 92.9 Å². The first-order valence-corrected chi connectivity index (χ1v) is 14.5. The summed E-state index contributed by atoms with van der Waals surface area (Å²) < 4.78 is 12.5. The molecule has 0 aromatic rings. The molecule has 1 saturated heterocycles. The van der Waals surface area contributed by atoms with Crippen molar-refractivity contribution in [2.45, 2.75) is 111 Å². The molecule has 0 aromatic heterocycles. The maximum atomic E-state index is 12.4. The van der Waals surface area contributed by atoms with E-state index in [1.165, 1.54) is 25.3 Å². The number of esters is 1. The molecule has 3 saturated carbocycles. The molecule has 6 aliphatic rings. The molecule has 1 amide bonds. The second-order valence-electron chi connectivity index (χ2n) is 13.7. The zero-order valence-corrected chi connectivity index (χ0v) is 23.1. The highest BCUT2D eigenvalue weighted by atomic mass is 16.5. The Labute approximate surface area is 217 Å². The normalized spacial score (nSPS) is 47.4. The Hall–Kier alpha value is -1.78. The van der Waals surface area contributed by atoms with Crippen LogP contribution in [0.25, 0.3) is 0 Å². The van der Waals surface area contributed by atoms with E-state index in [1.54, 1.807) is 12.5 Å². The maximum Gasteiger partial charge on any atom is 0.302 e. The first-order valence-electron chi connectivity index (χ1n) is 14.5. The largest absolute Gasteiger partial charge is 0.492 e. The molecule has 6 rings (SSSR count). The minimum atomic E-state index is -0.148. The number of ether oxygens (including phenoxy) is 2. The van der Waals surface area contributed by atoms with E-state index in [2.05, 4.69) is 38.7 Å². The first-order chi connectivity index (χ1) is 17.0. The highest BCUT2D eigenvalue weighted by Gasteiger charge is 2.64. The molecule has 4 aliphatic carbocycles. The smallest absolute Gasteiger partial charge is 0.302 e. The number of nitrogens with zero attached hydrogens (tertiary/aromatic N) is 1. The molecule has 5 nitrogen and oxygen atoms in total. The summed E-state index contributed by atoms with van der Waals surface area (Å²) in [6.07, 6.45) is 11.8. The molecule has 0 spiro atoms. The van der Waals surface area contributed by atoms with E-state index in [-0.39, 0.29) is 41.0 Å². The van der Waals surface area contributed by atoms with Gasteiger partial charge in [0.1, 0.15) is 18.0 Å². The van der Waals surface area contributed by atoms with Crippen LogP contribution in [-0.2, 0) is 19.1 Å². The Morgan fingerprint density at radius 1 is 1.11 bits per heavy atom. The molecule has 10 atom stereocenters. The molecular weight excluding hydrogens is 450 g/mol. The van der Waals surface area contributed by atoms with Gasteiger partial charge in [-0.2, -0.15) is 0 Å². The maximum absolute atomic E-state index is 12.4. The number of hydrogen-bond acceptors (Lipinski definition) is 4. The summed E-state index contributed by atoms with van der Waals surface area (Å²) in [5.74, 6) is 4.31. The van der Waals surface area contributed by atoms with Gasteiger partial charge in [0, 0.05) is 32.7 Å². The lowest BCUT2D eigenvalue weighted by molar-refractivity contribution is -0.148. The Morgan fingerprint density at radius 3 is 2.61 bits per heavy atom. The van der Waals surface area contributed by atoms with Crippen molar-refractivity contribution in [3.8, 4) is 0 Å². The summed E-state index contributed by atoms with van der Waals surface area (Å²) in [7, 11) is 0. The lowest BCUT2D eigenvalue weighted by atomic mass is 9.47. The highest BCUT2D eigenvalue weighted by molar-refractivity contribution is 5.74. The fourth-order valence-electron chi connectivity index (χ4n) is 10.2. The van der Waals surface area contributed by atoms with Gasteiger partial charge >= 0.3 is 5.97 Å². The molecule has 0 aromatic carbocycles. The molecule has 0 unspecified atom stereocenters. The molecule has 2 heterocycles. The number of hydrogen-bond donors (Lipinski definition) is 0. The Bertz CT molecular complexity index is 1030. The highest BCUT2D eigenvalue weighted by Crippen LogP contribution is 2.69. The van der Waals surface area contributed by atoms with E-state index in [1.807, 2.05) is 0 Å². The molecular formula is C31H45NO4. The van der Waals surface area contributed by atoms with Crippen LogP contribution in [0, 0.1) is 40.4 Å². The number of carbonyl (C=O) groups is 2. The van der Waals surface area contributed by atoms with Crippen LogP contribution in [0.3, 0.4) is 0 Å². The molecule has 36 heavy (non-hydrogen) atoms. The summed E-state index contributed by atoms with van der Waals surface area (Å²) in [5, 5.41) is 0. The lowest BCUT2D eigenvalue weighted by Gasteiger charge is -2.58. The van der Waals surface area contributed by atoms with E-state index in [4.69, 9.17) is 9.47 Å². The van der Waals surface area contributed by atoms with Crippen molar-refractivity contribution in [3.63, 3.8) is 0 Å². The van der Waals surface area contributed by atoms with Gasteiger partial charge in [-0.15, -0.1) is 0 Å². The second kappa shape index (κ2) is 8.36. The predicted molar refractivity (Wildman–Crippen MR) is 139 cm³/mol. The van der Waals surface area contributed by atoms with Crippen LogP contribution in [0.4, 0.5) is 0 Å². The number of rotatable bonds is 2. The van der Waals surface area contributed by atoms with Crippen molar-refractivity contribution in [3.05, 3.63) is 23.0 Å². The minimum absolute atomic E-state index is 0.0607. The van der Waals surface area contributed by atoms with E-state index < -0.39 is 0 Å². The Morgan fingerprint density at radius 2 is 1.89 bits per heavy atom. The molecule has 4 fully saturated rings. The van der Waals surface area contributed by atoms with E-state index in [9.17, 15) is 9.59 Å². The van der Waals surface area contributed by atoms with Crippen LogP contribution in [0.5, 0.6) is 0 Å². The van der Waals surface area contributed by atoms with Gasteiger partial charge in [0.05, 0.1) is 6.04 Å². The van der Waals surface area contributed by atoms with Crippen molar-refractivity contribution in [1.82, 2.24) is 4.90 Å². The third-order valence-corrected chi connectivity index (χ3v) is 11.7. The van der Waals surface area contributed by atoms with Gasteiger partial charge in [0.15, 0.2) is 0 Å². The number of allylic oxidation sites excluding steroid dienone is 1. The number of fused-ring (bicyclic) bond motifs is 7. The van der Waals surface area contributed by atoms with Gasteiger partial charge in [0.25, 0.3) is 0 Å². The Balaban J connectivity index is 1.25. The van der Waals surface area contributed by atoms with Crippen molar-refractivity contribution < 1.29 is 19.1 Å². The lowest BCUT2D eigenvalue weighted by Crippen LogP contribution is -2.50. The van der Waals surface area contributed by atoms with Crippen LogP contribution in [0.2, 0.25) is 0 Å². The van der Waals surface area contributed by atoms with Crippen molar-refractivity contribution in [2.75, 3.05) is 6.54 Å². The fourth-order valence-corrected chi connectivity index (χ4v) is 10.2. The van der Waals surface area contributed by atoms with Gasteiger partial charge in [-0.1, -0.05) is 32.4 Å². The zero-order valence-electron chi connectivity index (χ0n) is 23.1. The van der Waals surface area contributed by atoms with Crippen LogP contribution in [-0.4, -0.2) is 41.6 Å². The summed E-state index contributed by atoms with van der Waals surface area (Å²) in [5.41, 5.74) is 3.52. The molecule has 0 radical (unpaired) electrons. The van der Waals surface area contributed by atoms with Gasteiger partial charge in [-0.25, -0.2) is 0 Å². The molecule has 198 valence electrons. The zero-order chi connectivity index (χ0) is 25.6. The average molecular weight is 496 g/mol. The monoisotopic (exact) mass is 495 g/mol. The quantitative estimate of drug-likeness (QED) is 0.346. The van der Waals surface area contributed by atoms with E-state index >= 15 is 0 Å². The second-order valence-corrected chi connectivity index (χ2v) is 13.7. The van der Waals surface area contributed by atoms with Crippen molar-refractivity contribution in [2.24, 2.45) is 40.4 Å². The number of amides is 1. The number of carbonyl (C=O) groups excluding carboxylic acids is 2. The third kappa shape index (κ3) is 3.46. The van der Waals surface area contributed by atoms with Crippen LogP contribution < -0.4 is 0 Å². The topological polar surface area (TPSA) is 55.8 Å².